The normalized spacial score (nSPS) is 11.1. The van der Waals surface area contributed by atoms with Crippen LogP contribution in [0.5, 0.6) is 17.2 Å². The highest BCUT2D eigenvalue weighted by molar-refractivity contribution is 6.42. The highest BCUT2D eigenvalue weighted by Gasteiger charge is 2.12. The smallest absolute Gasteiger partial charge is 0.266 e. The highest BCUT2D eigenvalue weighted by atomic mass is 35.5. The lowest BCUT2D eigenvalue weighted by Gasteiger charge is -2.12. The molecule has 8 heteroatoms. The maximum Gasteiger partial charge on any atom is 0.266 e. The van der Waals surface area contributed by atoms with E-state index in [0.29, 0.717) is 38.5 Å². The number of carbonyl (C=O) groups excluding carboxylic acids is 1. The van der Waals surface area contributed by atoms with E-state index in [9.17, 15) is 10.1 Å². The van der Waals surface area contributed by atoms with Gasteiger partial charge in [0, 0.05) is 11.8 Å². The van der Waals surface area contributed by atoms with Crippen molar-refractivity contribution >= 4 is 40.9 Å². The molecule has 3 rings (SSSR count). The van der Waals surface area contributed by atoms with Crippen LogP contribution in [0.4, 0.5) is 5.69 Å². The first kappa shape index (κ1) is 26.0. The number of nitrogens with one attached hydrogen (secondary N) is 1. The van der Waals surface area contributed by atoms with Gasteiger partial charge in [0.15, 0.2) is 11.5 Å². The summed E-state index contributed by atoms with van der Waals surface area (Å²) in [6.07, 6.45) is 1.48. The lowest BCUT2D eigenvalue weighted by atomic mass is 10.1. The van der Waals surface area contributed by atoms with Gasteiger partial charge in [-0.25, -0.2) is 0 Å². The summed E-state index contributed by atoms with van der Waals surface area (Å²) in [5.41, 5.74) is 1.91. The molecule has 0 saturated heterocycles. The molecule has 0 aliphatic heterocycles. The van der Waals surface area contributed by atoms with Crippen molar-refractivity contribution in [2.24, 2.45) is 0 Å². The van der Waals surface area contributed by atoms with Crippen LogP contribution in [0.1, 0.15) is 25.0 Å². The zero-order valence-electron chi connectivity index (χ0n) is 19.5. The van der Waals surface area contributed by atoms with Crippen LogP contribution in [0.25, 0.3) is 6.08 Å². The predicted octanol–water partition coefficient (Wildman–Crippen LogP) is 6.91. The molecular weight excluding hydrogens is 487 g/mol. The van der Waals surface area contributed by atoms with Gasteiger partial charge in [-0.05, 0) is 67.4 Å². The first-order chi connectivity index (χ1) is 16.8. The van der Waals surface area contributed by atoms with Gasteiger partial charge >= 0.3 is 0 Å². The molecule has 0 fully saturated rings. The fourth-order valence-electron chi connectivity index (χ4n) is 3.12. The lowest BCUT2D eigenvalue weighted by molar-refractivity contribution is -0.112. The summed E-state index contributed by atoms with van der Waals surface area (Å²) in [4.78, 5) is 12.7. The molecule has 0 aromatic heterocycles. The van der Waals surface area contributed by atoms with E-state index >= 15 is 0 Å². The summed E-state index contributed by atoms with van der Waals surface area (Å²) in [6, 6.07) is 19.3. The predicted molar refractivity (Wildman–Crippen MR) is 138 cm³/mol. The molecule has 6 nitrogen and oxygen atoms in total. The van der Waals surface area contributed by atoms with Gasteiger partial charge in [0.05, 0.1) is 23.3 Å². The van der Waals surface area contributed by atoms with Crippen molar-refractivity contribution in [2.45, 2.75) is 26.6 Å². The molecule has 0 radical (unpaired) electrons. The van der Waals surface area contributed by atoms with Crippen LogP contribution in [0.2, 0.25) is 10.0 Å². The van der Waals surface area contributed by atoms with Crippen LogP contribution in [0, 0.1) is 11.3 Å². The Hall–Kier alpha value is -3.66. The van der Waals surface area contributed by atoms with Crippen molar-refractivity contribution in [1.29, 1.82) is 5.26 Å². The van der Waals surface area contributed by atoms with E-state index in [0.717, 1.165) is 5.56 Å². The van der Waals surface area contributed by atoms with Crippen molar-refractivity contribution in [3.05, 3.63) is 87.4 Å². The van der Waals surface area contributed by atoms with Crippen LogP contribution >= 0.6 is 23.2 Å². The van der Waals surface area contributed by atoms with E-state index in [-0.39, 0.29) is 18.3 Å². The Labute approximate surface area is 214 Å². The lowest BCUT2D eigenvalue weighted by Crippen LogP contribution is -2.13. The van der Waals surface area contributed by atoms with Gasteiger partial charge < -0.3 is 19.5 Å². The van der Waals surface area contributed by atoms with Gasteiger partial charge in [-0.15, -0.1) is 0 Å². The fourth-order valence-corrected chi connectivity index (χ4v) is 3.44. The standard InChI is InChI=1S/C27H24Cl2N2O4/c1-17(2)35-22-6-4-5-21(14-22)31-27(32)20(15-30)11-18-8-10-25(26(13-18)33-3)34-16-19-7-9-23(28)24(29)12-19/h4-14,17H,16H2,1-3H3,(H,31,32)/b20-11-. The number of amides is 1. The van der Waals surface area contributed by atoms with Crippen LogP contribution in [-0.4, -0.2) is 19.1 Å². The van der Waals surface area contributed by atoms with Crippen molar-refractivity contribution in [2.75, 3.05) is 12.4 Å². The first-order valence-electron chi connectivity index (χ1n) is 10.7. The number of carbonyl (C=O) groups is 1. The molecule has 0 unspecified atom stereocenters. The van der Waals surface area contributed by atoms with E-state index in [1.807, 2.05) is 26.0 Å². The van der Waals surface area contributed by atoms with E-state index in [4.69, 9.17) is 37.4 Å². The molecule has 0 aliphatic carbocycles. The van der Waals surface area contributed by atoms with Crippen LogP contribution in [0.15, 0.2) is 66.2 Å². The molecule has 0 atom stereocenters. The third kappa shape index (κ3) is 7.41. The molecular formula is C27H24Cl2N2O4. The number of rotatable bonds is 9. The monoisotopic (exact) mass is 510 g/mol. The quantitative estimate of drug-likeness (QED) is 0.249. The molecule has 1 N–H and O–H groups in total. The Balaban J connectivity index is 1.73. The Morgan fingerprint density at radius 1 is 1.06 bits per heavy atom. The van der Waals surface area contributed by atoms with E-state index in [1.54, 1.807) is 54.6 Å². The van der Waals surface area contributed by atoms with E-state index < -0.39 is 5.91 Å². The number of benzene rings is 3. The Bertz CT molecular complexity index is 1280. The van der Waals surface area contributed by atoms with Crippen molar-refractivity contribution in [1.82, 2.24) is 0 Å². The molecule has 0 aliphatic rings. The minimum atomic E-state index is -0.534. The number of methoxy groups -OCH3 is 1. The summed E-state index contributed by atoms with van der Waals surface area (Å²) in [7, 11) is 1.51. The van der Waals surface area contributed by atoms with Gasteiger partial charge in [0.25, 0.3) is 5.91 Å². The highest BCUT2D eigenvalue weighted by Crippen LogP contribution is 2.31. The molecule has 3 aromatic carbocycles. The number of nitriles is 1. The molecule has 0 bridgehead atoms. The number of hydrogen-bond donors (Lipinski definition) is 1. The maximum absolute atomic E-state index is 12.7. The summed E-state index contributed by atoms with van der Waals surface area (Å²) in [5.74, 6) is 1.05. The minimum Gasteiger partial charge on any atom is -0.493 e. The summed E-state index contributed by atoms with van der Waals surface area (Å²) in [5, 5.41) is 13.2. The van der Waals surface area contributed by atoms with Gasteiger partial charge in [0.2, 0.25) is 0 Å². The summed E-state index contributed by atoms with van der Waals surface area (Å²) < 4.78 is 16.9. The zero-order chi connectivity index (χ0) is 25.4. The summed E-state index contributed by atoms with van der Waals surface area (Å²) >= 11 is 12.0. The molecule has 0 saturated carbocycles. The topological polar surface area (TPSA) is 80.6 Å². The number of nitrogens with zero attached hydrogens (tertiary/aromatic N) is 1. The Morgan fingerprint density at radius 3 is 2.54 bits per heavy atom. The third-order valence-electron chi connectivity index (χ3n) is 4.71. The van der Waals surface area contributed by atoms with Crippen LogP contribution in [0.3, 0.4) is 0 Å². The first-order valence-corrected chi connectivity index (χ1v) is 11.5. The van der Waals surface area contributed by atoms with Crippen LogP contribution in [-0.2, 0) is 11.4 Å². The van der Waals surface area contributed by atoms with Gasteiger partial charge in [-0.1, -0.05) is 41.4 Å². The largest absolute Gasteiger partial charge is 0.493 e. The molecule has 180 valence electrons. The number of halogens is 2. The molecule has 0 spiro atoms. The molecule has 0 heterocycles. The van der Waals surface area contributed by atoms with Crippen molar-refractivity contribution in [3.63, 3.8) is 0 Å². The average molecular weight is 511 g/mol. The SMILES string of the molecule is COc1cc(/C=C(/C#N)C(=O)Nc2cccc(OC(C)C)c2)ccc1OCc1ccc(Cl)c(Cl)c1. The molecule has 1 amide bonds. The second kappa shape index (κ2) is 12.2. The zero-order valence-corrected chi connectivity index (χ0v) is 21.0. The van der Waals surface area contributed by atoms with Crippen molar-refractivity contribution < 1.29 is 19.0 Å². The van der Waals surface area contributed by atoms with Gasteiger partial charge in [-0.2, -0.15) is 5.26 Å². The fraction of sp³-hybridized carbons (Fsp3) is 0.185. The second-order valence-electron chi connectivity index (χ2n) is 7.77. The third-order valence-corrected chi connectivity index (χ3v) is 5.44. The Kier molecular flexibility index (Phi) is 9.02. The van der Waals surface area contributed by atoms with Crippen LogP contribution < -0.4 is 19.5 Å². The number of hydrogen-bond acceptors (Lipinski definition) is 5. The van der Waals surface area contributed by atoms with Gasteiger partial charge in [0.1, 0.15) is 24.0 Å². The van der Waals surface area contributed by atoms with Crippen molar-refractivity contribution in [3.8, 4) is 23.3 Å². The summed E-state index contributed by atoms with van der Waals surface area (Å²) in [6.45, 7) is 4.09. The molecule has 3 aromatic rings. The Morgan fingerprint density at radius 2 is 1.86 bits per heavy atom. The number of anilines is 1. The van der Waals surface area contributed by atoms with E-state index in [1.165, 1.54) is 13.2 Å². The number of ether oxygens (including phenoxy) is 3. The maximum atomic E-state index is 12.7. The molecule has 35 heavy (non-hydrogen) atoms. The average Bonchev–Trinajstić information content (AvgIpc) is 2.83. The van der Waals surface area contributed by atoms with Gasteiger partial charge in [-0.3, -0.25) is 4.79 Å². The second-order valence-corrected chi connectivity index (χ2v) is 8.58. The minimum absolute atomic E-state index is 0.00133. The van der Waals surface area contributed by atoms with E-state index in [2.05, 4.69) is 5.32 Å².